The van der Waals surface area contributed by atoms with Gasteiger partial charge in [-0.1, -0.05) is 0 Å². The van der Waals surface area contributed by atoms with Crippen LogP contribution in [0.5, 0.6) is 0 Å². The van der Waals surface area contributed by atoms with Gasteiger partial charge >= 0.3 is 50.3 Å². The van der Waals surface area contributed by atoms with Crippen LogP contribution in [-0.2, 0) is 0 Å². The Hall–Kier alpha value is 0.700. The second kappa shape index (κ2) is 3.88. The quantitative estimate of drug-likeness (QED) is 0.428. The third kappa shape index (κ3) is 2.91. The average Bonchev–Trinajstić information content (AvgIpc) is 1.65. The summed E-state index contributed by atoms with van der Waals surface area (Å²) in [5.41, 5.74) is 0. The van der Waals surface area contributed by atoms with Crippen molar-refractivity contribution >= 4 is 50.3 Å². The molecule has 0 radical (unpaired) electrons. The molecule has 0 aliphatic carbocycles. The molecule has 0 aromatic carbocycles. The van der Waals surface area contributed by atoms with Gasteiger partial charge in [-0.2, -0.15) is 0 Å². The van der Waals surface area contributed by atoms with E-state index in [2.05, 4.69) is 24.1 Å². The topological polar surface area (TPSA) is 0 Å². The third-order valence-electron chi connectivity index (χ3n) is 0.429. The molecule has 0 spiro atoms. The molecule has 0 saturated carbocycles. The van der Waals surface area contributed by atoms with Crippen molar-refractivity contribution in [2.45, 2.75) is 0 Å². The van der Waals surface area contributed by atoms with E-state index in [4.69, 9.17) is 0 Å². The maximum absolute atomic E-state index is 4.55. The van der Waals surface area contributed by atoms with Gasteiger partial charge in [-0.25, -0.2) is 0 Å². The Kier molecular flexibility index (Phi) is 4.33. The number of hydrogen-bond donors (Lipinski definition) is 0. The Bertz CT molecular complexity index is 50.6. The molecular formula is H2B4S2. The monoisotopic (exact) mass is 110 g/mol. The van der Waals surface area contributed by atoms with Crippen molar-refractivity contribution in [1.29, 1.82) is 0 Å². The molecule has 0 heterocycles. The van der Waals surface area contributed by atoms with Crippen molar-refractivity contribution in [1.82, 2.24) is 0 Å². The van der Waals surface area contributed by atoms with Gasteiger partial charge in [0.1, 0.15) is 0 Å². The van der Waals surface area contributed by atoms with E-state index in [0.29, 0.717) is 6.39 Å². The van der Waals surface area contributed by atoms with Crippen LogP contribution in [0, 0.1) is 0 Å². The van der Waals surface area contributed by atoms with Crippen LogP contribution in [0.25, 0.3) is 0 Å². The summed E-state index contributed by atoms with van der Waals surface area (Å²) in [6.45, 7) is 0. The van der Waals surface area contributed by atoms with E-state index >= 15 is 0 Å². The Morgan fingerprint density at radius 2 is 1.67 bits per heavy atom. The number of rotatable bonds is 2. The second-order valence-electron chi connectivity index (χ2n) is 1.13. The van der Waals surface area contributed by atoms with Crippen molar-refractivity contribution < 1.29 is 0 Å². The van der Waals surface area contributed by atoms with E-state index in [9.17, 15) is 0 Å². The minimum atomic E-state index is 0.315. The molecule has 0 bridgehead atoms. The van der Waals surface area contributed by atoms with Gasteiger partial charge in [-0.3, -0.25) is 0 Å². The normalized spacial score (nSPS) is 5.33. The van der Waals surface area contributed by atoms with E-state index in [0.717, 1.165) is 0 Å². The molecule has 0 saturated heterocycles. The Morgan fingerprint density at radius 1 is 1.33 bits per heavy atom. The fourth-order valence-electron chi connectivity index (χ4n) is 0.0321. The standard InChI is InChI=1S/B4H2S2/c1-4(2-5)3-6/h1H2. The van der Waals surface area contributed by atoms with Crippen LogP contribution in [0.1, 0.15) is 0 Å². The zero-order chi connectivity index (χ0) is 4.99. The van der Waals surface area contributed by atoms with Gasteiger partial charge in [-0.15, -0.1) is 0 Å². The summed E-state index contributed by atoms with van der Waals surface area (Å²) in [5, 5.41) is 0. The molecule has 0 atom stereocenters. The van der Waals surface area contributed by atoms with Gasteiger partial charge in [0.05, 0.1) is 0 Å². The molecule has 6 heteroatoms. The van der Waals surface area contributed by atoms with Crippen LogP contribution in [-0.4, -0.2) is 26.2 Å². The van der Waals surface area contributed by atoms with Crippen LogP contribution in [0.3, 0.4) is 0 Å². The molecule has 0 aromatic rings. The summed E-state index contributed by atoms with van der Waals surface area (Å²) in [7, 11) is 1.96. The van der Waals surface area contributed by atoms with E-state index < -0.39 is 0 Å². The summed E-state index contributed by atoms with van der Waals surface area (Å²) < 4.78 is 0. The van der Waals surface area contributed by atoms with Crippen LogP contribution < -0.4 is 0 Å². The predicted octanol–water partition coefficient (Wildman–Crippen LogP) is -0.762. The summed E-state index contributed by atoms with van der Waals surface area (Å²) >= 11 is 9.10. The van der Waals surface area contributed by atoms with Gasteiger partial charge in [-0.05, 0) is 0 Å². The van der Waals surface area contributed by atoms with Crippen molar-refractivity contribution in [3.05, 3.63) is 0 Å². The first-order valence-corrected chi connectivity index (χ1v) is 2.66. The van der Waals surface area contributed by atoms with E-state index in [1.165, 1.54) is 0 Å². The van der Waals surface area contributed by atoms with Crippen LogP contribution >= 0.6 is 24.1 Å². The number of hydrogen-bond acceptors (Lipinski definition) is 2. The molecule has 0 rings (SSSR count). The summed E-state index contributed by atoms with van der Waals surface area (Å²) in [6.07, 6.45) is 0.315. The van der Waals surface area contributed by atoms with Gasteiger partial charge < -0.3 is 0 Å². The summed E-state index contributed by atoms with van der Waals surface area (Å²) in [6, 6.07) is 3.29. The van der Waals surface area contributed by atoms with Crippen molar-refractivity contribution in [3.8, 4) is 0 Å². The van der Waals surface area contributed by atoms with Gasteiger partial charge in [0.15, 0.2) is 0 Å². The molecule has 0 aromatic heterocycles. The zero-order valence-electron chi connectivity index (χ0n) is 3.55. The second-order valence-corrected chi connectivity index (χ2v) is 1.68. The maximum atomic E-state index is 4.55. The van der Waals surface area contributed by atoms with Gasteiger partial charge in [0.2, 0.25) is 0 Å². The third-order valence-corrected chi connectivity index (χ3v) is 1.29. The fourth-order valence-corrected chi connectivity index (χ4v) is 0.289. The van der Waals surface area contributed by atoms with Crippen molar-refractivity contribution in [2.24, 2.45) is 0 Å². The molecule has 0 nitrogen and oxygen atoms in total. The fraction of sp³-hybridized carbons (Fsp3) is 0. The molecular weight excluding hydrogens is 107 g/mol. The van der Waals surface area contributed by atoms with Crippen LogP contribution in [0.15, 0.2) is 0 Å². The zero-order valence-corrected chi connectivity index (χ0v) is 5.18. The van der Waals surface area contributed by atoms with Gasteiger partial charge in [0.25, 0.3) is 0 Å². The summed E-state index contributed by atoms with van der Waals surface area (Å²) in [5.74, 6) is 0. The molecule has 0 aliphatic rings. The van der Waals surface area contributed by atoms with Crippen molar-refractivity contribution in [3.63, 3.8) is 0 Å². The molecule has 6 heavy (non-hydrogen) atoms. The van der Waals surface area contributed by atoms with Crippen LogP contribution in [0.4, 0.5) is 0 Å². The summed E-state index contributed by atoms with van der Waals surface area (Å²) in [4.78, 5) is 0. The SMILES string of the molecule is BB(B=S)B=S. The minimum absolute atomic E-state index is 0.315. The molecule has 0 N–H and O–H groups in total. The molecule has 26 valence electrons. The first-order valence-electron chi connectivity index (χ1n) is 1.72. The Morgan fingerprint density at radius 3 is 1.67 bits per heavy atom. The Balaban J connectivity index is 3.21. The van der Waals surface area contributed by atoms with E-state index in [1.54, 1.807) is 12.1 Å². The Labute approximate surface area is 50.7 Å². The van der Waals surface area contributed by atoms with Crippen molar-refractivity contribution in [2.75, 3.05) is 0 Å². The molecule has 0 fully saturated rings. The molecule has 0 amide bonds. The average molecular weight is 109 g/mol. The first-order chi connectivity index (χ1) is 2.81. The van der Waals surface area contributed by atoms with Crippen LogP contribution in [0.2, 0.25) is 0 Å². The van der Waals surface area contributed by atoms with E-state index in [-0.39, 0.29) is 0 Å². The first kappa shape index (κ1) is 6.70. The predicted molar refractivity (Wildman–Crippen MR) is 41.0 cm³/mol. The molecule has 0 unspecified atom stereocenters. The van der Waals surface area contributed by atoms with E-state index in [1.807, 2.05) is 7.74 Å². The molecule has 0 aliphatic heterocycles. The van der Waals surface area contributed by atoms with Gasteiger partial charge in [0, 0.05) is 0 Å².